The molecule has 1 aromatic carbocycles. The van der Waals surface area contributed by atoms with Gasteiger partial charge in [-0.05, 0) is 49.8 Å². The summed E-state index contributed by atoms with van der Waals surface area (Å²) in [5.41, 5.74) is 7.49. The van der Waals surface area contributed by atoms with Gasteiger partial charge in [-0.25, -0.2) is 0 Å². The number of hydrogen-bond acceptors (Lipinski definition) is 3. The molecule has 1 aliphatic rings. The van der Waals surface area contributed by atoms with Crippen molar-refractivity contribution in [1.29, 1.82) is 0 Å². The van der Waals surface area contributed by atoms with Gasteiger partial charge >= 0.3 is 0 Å². The summed E-state index contributed by atoms with van der Waals surface area (Å²) in [6.45, 7) is 0. The van der Waals surface area contributed by atoms with E-state index >= 15 is 0 Å². The number of anilines is 1. The van der Waals surface area contributed by atoms with Crippen LogP contribution in [0.5, 0.6) is 0 Å². The van der Waals surface area contributed by atoms with Gasteiger partial charge < -0.3 is 16.2 Å². The van der Waals surface area contributed by atoms with Gasteiger partial charge in [0.2, 0.25) is 5.91 Å². The molecule has 4 heteroatoms. The van der Waals surface area contributed by atoms with Crippen LogP contribution in [0, 0.1) is 0 Å². The summed E-state index contributed by atoms with van der Waals surface area (Å²) < 4.78 is 0. The van der Waals surface area contributed by atoms with Gasteiger partial charge in [0, 0.05) is 18.2 Å². The third-order valence-electron chi connectivity index (χ3n) is 3.68. The molecule has 1 fully saturated rings. The monoisotopic (exact) mass is 262 g/mol. The van der Waals surface area contributed by atoms with E-state index in [2.05, 4.69) is 5.32 Å². The number of aryl methyl sites for hydroxylation is 1. The first-order chi connectivity index (χ1) is 9.13. The van der Waals surface area contributed by atoms with Gasteiger partial charge in [-0.2, -0.15) is 0 Å². The number of nitrogens with one attached hydrogen (secondary N) is 1. The molecule has 4 nitrogen and oxygen atoms in total. The molecule has 0 heterocycles. The highest BCUT2D eigenvalue weighted by Gasteiger charge is 2.20. The molecule has 0 aromatic heterocycles. The minimum atomic E-state index is -0.178. The molecule has 0 bridgehead atoms. The maximum Gasteiger partial charge on any atom is 0.220 e. The van der Waals surface area contributed by atoms with Crippen LogP contribution in [0.3, 0.4) is 0 Å². The molecular formula is C15H22N2O2. The number of hydrogen-bond donors (Lipinski definition) is 3. The van der Waals surface area contributed by atoms with Crippen molar-refractivity contribution < 1.29 is 9.90 Å². The SMILES string of the molecule is Nc1ccc(CCC(=O)NC2CCC(O)CC2)cc1. The van der Waals surface area contributed by atoms with E-state index in [1.165, 1.54) is 0 Å². The van der Waals surface area contributed by atoms with Gasteiger partial charge in [0.05, 0.1) is 6.10 Å². The summed E-state index contributed by atoms with van der Waals surface area (Å²) >= 11 is 0. The van der Waals surface area contributed by atoms with Crippen molar-refractivity contribution in [1.82, 2.24) is 5.32 Å². The maximum atomic E-state index is 11.8. The van der Waals surface area contributed by atoms with Crippen LogP contribution >= 0.6 is 0 Å². The molecule has 1 aliphatic carbocycles. The molecule has 0 aliphatic heterocycles. The Kier molecular flexibility index (Phi) is 4.80. The second-order valence-corrected chi connectivity index (χ2v) is 5.31. The van der Waals surface area contributed by atoms with E-state index < -0.39 is 0 Å². The van der Waals surface area contributed by atoms with Gasteiger partial charge in [0.25, 0.3) is 0 Å². The van der Waals surface area contributed by atoms with E-state index in [0.717, 1.165) is 43.4 Å². The number of carbonyl (C=O) groups excluding carboxylic acids is 1. The fourth-order valence-corrected chi connectivity index (χ4v) is 2.46. The maximum absolute atomic E-state index is 11.8. The van der Waals surface area contributed by atoms with Gasteiger partial charge in [-0.1, -0.05) is 12.1 Å². The van der Waals surface area contributed by atoms with Crippen molar-refractivity contribution in [3.05, 3.63) is 29.8 Å². The highest BCUT2D eigenvalue weighted by Crippen LogP contribution is 2.18. The Labute approximate surface area is 114 Å². The van der Waals surface area contributed by atoms with Crippen LogP contribution in [0.15, 0.2) is 24.3 Å². The highest BCUT2D eigenvalue weighted by molar-refractivity contribution is 5.76. The van der Waals surface area contributed by atoms with Crippen LogP contribution in [0.25, 0.3) is 0 Å². The average molecular weight is 262 g/mol. The van der Waals surface area contributed by atoms with Crippen LogP contribution in [-0.4, -0.2) is 23.2 Å². The zero-order valence-electron chi connectivity index (χ0n) is 11.1. The first kappa shape index (κ1) is 13.9. The highest BCUT2D eigenvalue weighted by atomic mass is 16.3. The Bertz CT molecular complexity index is 409. The predicted molar refractivity (Wildman–Crippen MR) is 75.6 cm³/mol. The summed E-state index contributed by atoms with van der Waals surface area (Å²) in [5, 5.41) is 12.5. The number of rotatable bonds is 4. The predicted octanol–water partition coefficient (Wildman–Crippen LogP) is 1.62. The molecule has 0 radical (unpaired) electrons. The lowest BCUT2D eigenvalue weighted by Crippen LogP contribution is -2.38. The second kappa shape index (κ2) is 6.57. The Balaban J connectivity index is 1.71. The Morgan fingerprint density at radius 1 is 1.21 bits per heavy atom. The van der Waals surface area contributed by atoms with Crippen molar-refractivity contribution in [2.45, 2.75) is 50.7 Å². The van der Waals surface area contributed by atoms with E-state index in [9.17, 15) is 9.90 Å². The minimum Gasteiger partial charge on any atom is -0.399 e. The van der Waals surface area contributed by atoms with Crippen LogP contribution < -0.4 is 11.1 Å². The lowest BCUT2D eigenvalue weighted by atomic mass is 9.93. The largest absolute Gasteiger partial charge is 0.399 e. The van der Waals surface area contributed by atoms with Crippen molar-refractivity contribution in [2.75, 3.05) is 5.73 Å². The van der Waals surface area contributed by atoms with Gasteiger partial charge in [0.1, 0.15) is 0 Å². The fourth-order valence-electron chi connectivity index (χ4n) is 2.46. The fraction of sp³-hybridized carbons (Fsp3) is 0.533. The molecule has 0 spiro atoms. The zero-order valence-corrected chi connectivity index (χ0v) is 11.1. The van der Waals surface area contributed by atoms with E-state index in [4.69, 9.17) is 5.73 Å². The molecule has 0 atom stereocenters. The Morgan fingerprint density at radius 2 is 1.84 bits per heavy atom. The summed E-state index contributed by atoms with van der Waals surface area (Å²) in [5.74, 6) is 0.0956. The van der Waals surface area contributed by atoms with Crippen LogP contribution in [0.1, 0.15) is 37.7 Å². The molecule has 0 unspecified atom stereocenters. The van der Waals surface area contributed by atoms with Gasteiger partial charge in [0.15, 0.2) is 0 Å². The quantitative estimate of drug-likeness (QED) is 0.722. The van der Waals surface area contributed by atoms with Crippen molar-refractivity contribution in [3.63, 3.8) is 0 Å². The van der Waals surface area contributed by atoms with E-state index in [1.54, 1.807) is 0 Å². The third kappa shape index (κ3) is 4.56. The standard InChI is InChI=1S/C15H22N2O2/c16-12-4-1-11(2-5-12)3-10-15(19)17-13-6-8-14(18)9-7-13/h1-2,4-5,13-14,18H,3,6-10,16H2,(H,17,19). The van der Waals surface area contributed by atoms with E-state index in [-0.39, 0.29) is 18.1 Å². The first-order valence-corrected chi connectivity index (χ1v) is 6.95. The first-order valence-electron chi connectivity index (χ1n) is 6.95. The average Bonchev–Trinajstić information content (AvgIpc) is 2.41. The summed E-state index contributed by atoms with van der Waals surface area (Å²) in [6.07, 6.45) is 4.42. The van der Waals surface area contributed by atoms with Crippen LogP contribution in [-0.2, 0) is 11.2 Å². The Morgan fingerprint density at radius 3 is 2.47 bits per heavy atom. The number of amides is 1. The lowest BCUT2D eigenvalue weighted by molar-refractivity contribution is -0.122. The van der Waals surface area contributed by atoms with E-state index in [1.807, 2.05) is 24.3 Å². The summed E-state index contributed by atoms with van der Waals surface area (Å²) in [4.78, 5) is 11.8. The van der Waals surface area contributed by atoms with Crippen LogP contribution in [0.2, 0.25) is 0 Å². The molecule has 2 rings (SSSR count). The van der Waals surface area contributed by atoms with Gasteiger partial charge in [-0.15, -0.1) is 0 Å². The smallest absolute Gasteiger partial charge is 0.220 e. The van der Waals surface area contributed by atoms with Crippen molar-refractivity contribution >= 4 is 11.6 Å². The number of nitrogen functional groups attached to an aromatic ring is 1. The molecule has 104 valence electrons. The molecular weight excluding hydrogens is 240 g/mol. The summed E-state index contributed by atoms with van der Waals surface area (Å²) in [7, 11) is 0. The number of aliphatic hydroxyl groups is 1. The molecule has 4 N–H and O–H groups in total. The zero-order chi connectivity index (χ0) is 13.7. The van der Waals surface area contributed by atoms with Crippen molar-refractivity contribution in [3.8, 4) is 0 Å². The molecule has 19 heavy (non-hydrogen) atoms. The molecule has 0 saturated heterocycles. The molecule has 1 amide bonds. The number of nitrogens with two attached hydrogens (primary N) is 1. The molecule has 1 aromatic rings. The third-order valence-corrected chi connectivity index (χ3v) is 3.68. The minimum absolute atomic E-state index is 0.0956. The summed E-state index contributed by atoms with van der Waals surface area (Å²) in [6, 6.07) is 7.87. The number of benzene rings is 1. The molecule has 1 saturated carbocycles. The second-order valence-electron chi connectivity index (χ2n) is 5.31. The topological polar surface area (TPSA) is 75.4 Å². The number of aliphatic hydroxyl groups excluding tert-OH is 1. The Hall–Kier alpha value is -1.55. The van der Waals surface area contributed by atoms with Crippen molar-refractivity contribution in [2.24, 2.45) is 0 Å². The number of carbonyl (C=O) groups is 1. The van der Waals surface area contributed by atoms with E-state index in [0.29, 0.717) is 6.42 Å². The normalized spacial score (nSPS) is 23.0. The lowest BCUT2D eigenvalue weighted by Gasteiger charge is -2.26. The van der Waals surface area contributed by atoms with Crippen LogP contribution in [0.4, 0.5) is 5.69 Å². The van der Waals surface area contributed by atoms with Gasteiger partial charge in [-0.3, -0.25) is 4.79 Å².